The van der Waals surface area contributed by atoms with Crippen LogP contribution in [-0.4, -0.2) is 55.7 Å². The first kappa shape index (κ1) is 16.6. The molecule has 0 saturated carbocycles. The van der Waals surface area contributed by atoms with Gasteiger partial charge < -0.3 is 19.7 Å². The van der Waals surface area contributed by atoms with Crippen molar-refractivity contribution in [1.29, 1.82) is 0 Å². The summed E-state index contributed by atoms with van der Waals surface area (Å²) in [6.45, 7) is 3.69. The molecule has 1 N–H and O–H groups in total. The molecule has 1 heterocycles. The largest absolute Gasteiger partial charge is 0.484 e. The normalized spacial score (nSPS) is 16.0. The molecule has 1 aromatic rings. The van der Waals surface area contributed by atoms with E-state index in [1.54, 1.807) is 36.1 Å². The third kappa shape index (κ3) is 4.89. The van der Waals surface area contributed by atoms with Crippen LogP contribution in [0.1, 0.15) is 6.92 Å². The number of nitrogens with zero attached hydrogens (tertiary/aromatic N) is 1. The zero-order valence-corrected chi connectivity index (χ0v) is 13.1. The van der Waals surface area contributed by atoms with Gasteiger partial charge in [0.1, 0.15) is 11.8 Å². The van der Waals surface area contributed by atoms with Crippen LogP contribution in [0, 0.1) is 0 Å². The Hall–Kier alpha value is -1.79. The molecule has 1 atom stereocenters. The number of carbonyl (C=O) groups is 2. The summed E-state index contributed by atoms with van der Waals surface area (Å²) in [7, 11) is 0. The van der Waals surface area contributed by atoms with Gasteiger partial charge in [-0.25, -0.2) is 0 Å². The molecular weight excluding hydrogens is 308 g/mol. The van der Waals surface area contributed by atoms with Crippen molar-refractivity contribution in [1.82, 2.24) is 10.2 Å². The van der Waals surface area contributed by atoms with E-state index in [0.29, 0.717) is 37.1 Å². The molecular formula is C15H19ClN2O4. The van der Waals surface area contributed by atoms with E-state index >= 15 is 0 Å². The van der Waals surface area contributed by atoms with Crippen molar-refractivity contribution in [2.45, 2.75) is 13.0 Å². The first-order valence-corrected chi connectivity index (χ1v) is 7.48. The average Bonchev–Trinajstić information content (AvgIpc) is 2.54. The molecule has 1 aliphatic rings. The Balaban J connectivity index is 1.75. The minimum atomic E-state index is -0.584. The van der Waals surface area contributed by atoms with Crippen molar-refractivity contribution in [2.24, 2.45) is 0 Å². The van der Waals surface area contributed by atoms with Gasteiger partial charge in [0.25, 0.3) is 5.91 Å². The van der Waals surface area contributed by atoms with Crippen LogP contribution >= 0.6 is 11.6 Å². The van der Waals surface area contributed by atoms with Gasteiger partial charge in [-0.15, -0.1) is 0 Å². The van der Waals surface area contributed by atoms with E-state index in [9.17, 15) is 9.59 Å². The van der Waals surface area contributed by atoms with Gasteiger partial charge in [-0.1, -0.05) is 11.6 Å². The number of nitrogens with one attached hydrogen (secondary N) is 1. The zero-order chi connectivity index (χ0) is 15.9. The molecule has 2 amide bonds. The smallest absolute Gasteiger partial charge is 0.258 e. The third-order valence-electron chi connectivity index (χ3n) is 3.25. The minimum Gasteiger partial charge on any atom is -0.484 e. The average molecular weight is 327 g/mol. The Morgan fingerprint density at radius 2 is 1.95 bits per heavy atom. The lowest BCUT2D eigenvalue weighted by molar-refractivity contribution is -0.139. The quantitative estimate of drug-likeness (QED) is 0.879. The van der Waals surface area contributed by atoms with Crippen LogP contribution in [0.15, 0.2) is 24.3 Å². The van der Waals surface area contributed by atoms with Crippen LogP contribution in [0.4, 0.5) is 0 Å². The number of morpholine rings is 1. The Kier molecular flexibility index (Phi) is 6.03. The molecule has 22 heavy (non-hydrogen) atoms. The molecule has 0 radical (unpaired) electrons. The summed E-state index contributed by atoms with van der Waals surface area (Å²) in [6, 6.07) is 6.13. The SMILES string of the molecule is C[C@@H](NC(=O)COc1ccc(Cl)cc1)C(=O)N1CCOCC1. The fraction of sp³-hybridized carbons (Fsp3) is 0.467. The fourth-order valence-electron chi connectivity index (χ4n) is 2.08. The number of carbonyl (C=O) groups excluding carboxylic acids is 2. The molecule has 0 aromatic heterocycles. The topological polar surface area (TPSA) is 67.9 Å². The Morgan fingerprint density at radius 1 is 1.32 bits per heavy atom. The lowest BCUT2D eigenvalue weighted by Crippen LogP contribution is -2.51. The molecule has 6 nitrogen and oxygen atoms in total. The summed E-state index contributed by atoms with van der Waals surface area (Å²) in [6.07, 6.45) is 0. The molecule has 1 saturated heterocycles. The molecule has 1 fully saturated rings. The summed E-state index contributed by atoms with van der Waals surface area (Å²) in [5.41, 5.74) is 0. The maximum absolute atomic E-state index is 12.1. The lowest BCUT2D eigenvalue weighted by atomic mass is 10.2. The van der Waals surface area contributed by atoms with Crippen LogP contribution in [0.3, 0.4) is 0 Å². The predicted molar refractivity (Wildman–Crippen MR) is 82.0 cm³/mol. The first-order chi connectivity index (χ1) is 10.6. The molecule has 0 bridgehead atoms. The van der Waals surface area contributed by atoms with Crippen LogP contribution in [0.5, 0.6) is 5.75 Å². The summed E-state index contributed by atoms with van der Waals surface area (Å²) in [4.78, 5) is 25.7. The molecule has 1 aliphatic heterocycles. The molecule has 0 spiro atoms. The molecule has 120 valence electrons. The molecule has 0 unspecified atom stereocenters. The van der Waals surface area contributed by atoms with Crippen molar-refractivity contribution in [2.75, 3.05) is 32.9 Å². The van der Waals surface area contributed by atoms with Crippen LogP contribution in [0.25, 0.3) is 0 Å². The van der Waals surface area contributed by atoms with Crippen molar-refractivity contribution >= 4 is 23.4 Å². The summed E-state index contributed by atoms with van der Waals surface area (Å²) in [5, 5.41) is 3.24. The van der Waals surface area contributed by atoms with Gasteiger partial charge in [-0.2, -0.15) is 0 Å². The number of ether oxygens (including phenoxy) is 2. The number of benzene rings is 1. The number of rotatable bonds is 5. The van der Waals surface area contributed by atoms with E-state index in [4.69, 9.17) is 21.1 Å². The van der Waals surface area contributed by atoms with Crippen LogP contribution in [-0.2, 0) is 14.3 Å². The van der Waals surface area contributed by atoms with Crippen molar-refractivity contribution in [3.63, 3.8) is 0 Å². The number of amides is 2. The van der Waals surface area contributed by atoms with E-state index in [1.165, 1.54) is 0 Å². The molecule has 1 aromatic carbocycles. The Labute approximate surface area is 134 Å². The van der Waals surface area contributed by atoms with Gasteiger partial charge in [-0.3, -0.25) is 9.59 Å². The molecule has 0 aliphatic carbocycles. The van der Waals surface area contributed by atoms with Gasteiger partial charge in [0.05, 0.1) is 13.2 Å². The molecule has 7 heteroatoms. The second-order valence-electron chi connectivity index (χ2n) is 4.97. The summed E-state index contributed by atoms with van der Waals surface area (Å²) >= 11 is 5.77. The van der Waals surface area contributed by atoms with E-state index in [-0.39, 0.29) is 18.4 Å². The van der Waals surface area contributed by atoms with Crippen molar-refractivity contribution < 1.29 is 19.1 Å². The van der Waals surface area contributed by atoms with Gasteiger partial charge in [0, 0.05) is 18.1 Å². The van der Waals surface area contributed by atoms with Gasteiger partial charge >= 0.3 is 0 Å². The van der Waals surface area contributed by atoms with E-state index in [1.807, 2.05) is 0 Å². The molecule has 2 rings (SSSR count). The maximum atomic E-state index is 12.1. The third-order valence-corrected chi connectivity index (χ3v) is 3.51. The second kappa shape index (κ2) is 8.00. The summed E-state index contributed by atoms with van der Waals surface area (Å²) in [5.74, 6) is 0.0962. The van der Waals surface area contributed by atoms with Crippen molar-refractivity contribution in [3.05, 3.63) is 29.3 Å². The highest BCUT2D eigenvalue weighted by molar-refractivity contribution is 6.30. The minimum absolute atomic E-state index is 0.108. The van der Waals surface area contributed by atoms with Gasteiger partial charge in [0.2, 0.25) is 5.91 Å². The fourth-order valence-corrected chi connectivity index (χ4v) is 2.21. The monoisotopic (exact) mass is 326 g/mol. The highest BCUT2D eigenvalue weighted by Crippen LogP contribution is 2.15. The van der Waals surface area contributed by atoms with E-state index in [2.05, 4.69) is 5.32 Å². The lowest BCUT2D eigenvalue weighted by Gasteiger charge is -2.29. The van der Waals surface area contributed by atoms with E-state index in [0.717, 1.165) is 0 Å². The van der Waals surface area contributed by atoms with Crippen LogP contribution < -0.4 is 10.1 Å². The summed E-state index contributed by atoms with van der Waals surface area (Å²) < 4.78 is 10.5. The highest BCUT2D eigenvalue weighted by Gasteiger charge is 2.23. The highest BCUT2D eigenvalue weighted by atomic mass is 35.5. The Morgan fingerprint density at radius 3 is 2.59 bits per heavy atom. The Bertz CT molecular complexity index is 515. The second-order valence-corrected chi connectivity index (χ2v) is 5.41. The van der Waals surface area contributed by atoms with Gasteiger partial charge in [-0.05, 0) is 31.2 Å². The van der Waals surface area contributed by atoms with Crippen LogP contribution in [0.2, 0.25) is 5.02 Å². The standard InChI is InChI=1S/C15H19ClN2O4/c1-11(15(20)18-6-8-21-9-7-18)17-14(19)10-22-13-4-2-12(16)3-5-13/h2-5,11H,6-10H2,1H3,(H,17,19)/t11-/m1/s1. The first-order valence-electron chi connectivity index (χ1n) is 7.10. The number of hydrogen-bond acceptors (Lipinski definition) is 4. The number of halogens is 1. The van der Waals surface area contributed by atoms with E-state index < -0.39 is 6.04 Å². The number of hydrogen-bond donors (Lipinski definition) is 1. The zero-order valence-electron chi connectivity index (χ0n) is 12.4. The maximum Gasteiger partial charge on any atom is 0.258 e. The van der Waals surface area contributed by atoms with Gasteiger partial charge in [0.15, 0.2) is 6.61 Å². The van der Waals surface area contributed by atoms with Crippen molar-refractivity contribution in [3.8, 4) is 5.75 Å². The predicted octanol–water partition coefficient (Wildman–Crippen LogP) is 1.08.